The molecular weight excluding hydrogens is 692 g/mol. The number of carboxylic acid groups (broad SMARTS) is 1. The van der Waals surface area contributed by atoms with Crippen LogP contribution < -0.4 is 10.0 Å². The molecule has 2 aromatic rings. The van der Waals surface area contributed by atoms with Crippen molar-refractivity contribution < 1.29 is 63.5 Å². The lowest BCUT2D eigenvalue weighted by Crippen LogP contribution is -3.06. The van der Waals surface area contributed by atoms with Crippen LogP contribution in [0.3, 0.4) is 0 Å². The van der Waals surface area contributed by atoms with Crippen LogP contribution in [-0.2, 0) is 18.9 Å². The van der Waals surface area contributed by atoms with Crippen LogP contribution in [-0.4, -0.2) is 189 Å². The Hall–Kier alpha value is -3.84. The van der Waals surface area contributed by atoms with E-state index in [-0.39, 0.29) is 45.0 Å². The Morgan fingerprint density at radius 2 is 1.06 bits per heavy atom. The third kappa shape index (κ3) is 29.3. The molecule has 0 spiro atoms. The summed E-state index contributed by atoms with van der Waals surface area (Å²) in [5, 5.41) is 34.3. The van der Waals surface area contributed by atoms with Gasteiger partial charge in [-0.25, -0.2) is 14.4 Å². The summed E-state index contributed by atoms with van der Waals surface area (Å²) in [4.78, 5) is 51.4. The summed E-state index contributed by atoms with van der Waals surface area (Å²) < 4.78 is 19.7. The van der Waals surface area contributed by atoms with Crippen LogP contribution in [0, 0.1) is 0 Å². The van der Waals surface area contributed by atoms with Crippen LogP contribution in [0.15, 0.2) is 48.5 Å². The maximum atomic E-state index is 11.3. The first-order chi connectivity index (χ1) is 24.6. The van der Waals surface area contributed by atoms with Crippen molar-refractivity contribution in [1.82, 2.24) is 14.7 Å². The van der Waals surface area contributed by atoms with Gasteiger partial charge in [-0.2, -0.15) is 0 Å². The number of benzene rings is 2. The van der Waals surface area contributed by atoms with Crippen molar-refractivity contribution in [1.29, 1.82) is 0 Å². The number of cyclic esters (lactones) is 2. The lowest BCUT2D eigenvalue weighted by atomic mass is 10.1. The molecule has 0 amide bonds. The maximum Gasteiger partial charge on any atom is 0.346 e. The average Bonchev–Trinajstić information content (AvgIpc) is 3.39. The first-order valence-electron chi connectivity index (χ1n) is 16.7. The van der Waals surface area contributed by atoms with Gasteiger partial charge in [0.1, 0.15) is 13.2 Å². The highest BCUT2D eigenvalue weighted by molar-refractivity contribution is 6.14. The molecule has 0 aromatic heterocycles. The largest absolute Gasteiger partial charge is 0.545 e. The van der Waals surface area contributed by atoms with Crippen LogP contribution in [0.5, 0.6) is 0 Å². The number of carbonyl (C=O) groups is 4. The minimum atomic E-state index is -1.44. The summed E-state index contributed by atoms with van der Waals surface area (Å²) in [6, 6.07) is 12.1. The van der Waals surface area contributed by atoms with Gasteiger partial charge in [0, 0.05) is 25.2 Å². The molecule has 1 aliphatic rings. The Kier molecular flexibility index (Phi) is 34.3. The molecule has 16 heteroatoms. The van der Waals surface area contributed by atoms with Crippen molar-refractivity contribution >= 4 is 23.9 Å². The van der Waals surface area contributed by atoms with Gasteiger partial charge in [-0.3, -0.25) is 0 Å². The Labute approximate surface area is 315 Å². The molecule has 0 aliphatic carbocycles. The highest BCUT2D eigenvalue weighted by Gasteiger charge is 2.28. The monoisotopic (exact) mass is 756 g/mol. The molecule has 0 saturated heterocycles. The van der Waals surface area contributed by atoms with E-state index in [1.807, 2.05) is 0 Å². The SMILES string of the molecule is C.CN(C)CCOCCN(C)C.CN(C)CCOCC[NH+](C)C.O=C([O-])c1ccccc1C(=O)OCCO.O=C1OC(=O)c2ccccc21.OCCO. The molecule has 16 nitrogen and oxygen atoms in total. The van der Waals surface area contributed by atoms with Gasteiger partial charge in [0.15, 0.2) is 0 Å². The van der Waals surface area contributed by atoms with E-state index >= 15 is 0 Å². The summed E-state index contributed by atoms with van der Waals surface area (Å²) in [7, 11) is 16.6. The molecule has 0 radical (unpaired) electrons. The minimum absolute atomic E-state index is 0. The average molecular weight is 757 g/mol. The minimum Gasteiger partial charge on any atom is -0.545 e. The van der Waals surface area contributed by atoms with E-state index in [0.717, 1.165) is 52.6 Å². The number of carboxylic acids is 1. The number of hydrogen-bond acceptors (Lipinski definition) is 15. The number of aromatic carboxylic acids is 1. The first kappa shape index (κ1) is 53.5. The van der Waals surface area contributed by atoms with Crippen molar-refractivity contribution in [2.45, 2.75) is 7.43 Å². The van der Waals surface area contributed by atoms with Crippen molar-refractivity contribution in [3.63, 3.8) is 0 Å². The van der Waals surface area contributed by atoms with Crippen molar-refractivity contribution in [2.75, 3.05) is 135 Å². The number of hydrogen-bond donors (Lipinski definition) is 4. The van der Waals surface area contributed by atoms with E-state index in [1.165, 1.54) is 29.2 Å². The molecule has 304 valence electrons. The van der Waals surface area contributed by atoms with Crippen LogP contribution in [0.25, 0.3) is 0 Å². The fraction of sp³-hybridized carbons (Fsp3) is 0.568. The Morgan fingerprint density at radius 3 is 1.42 bits per heavy atom. The number of aliphatic hydroxyl groups is 3. The molecule has 2 aromatic carbocycles. The molecule has 0 fully saturated rings. The summed E-state index contributed by atoms with van der Waals surface area (Å²) in [5.74, 6) is -3.33. The van der Waals surface area contributed by atoms with E-state index in [9.17, 15) is 24.3 Å². The number of carbonyl (C=O) groups excluding carboxylic acids is 4. The Morgan fingerprint density at radius 1 is 0.660 bits per heavy atom. The zero-order chi connectivity index (χ0) is 39.9. The molecular formula is C37H64N4O12. The number of fused-ring (bicyclic) bond motifs is 1. The van der Waals surface area contributed by atoms with Crippen LogP contribution in [0.4, 0.5) is 0 Å². The number of likely N-dealkylation sites (N-methyl/N-ethyl adjacent to an activating group) is 4. The number of quaternary nitrogens is 1. The second-order valence-electron chi connectivity index (χ2n) is 12.0. The van der Waals surface area contributed by atoms with Crippen LogP contribution in [0.2, 0.25) is 0 Å². The standard InChI is InChI=1S/C10H10O5.2C8H20N2O.C8H4O3.C2H6O2.CH4/c11-5-6-15-10(14)8-4-2-1-3-7(8)9(12)13;2*1-9(2)5-7-11-8-6-10(3)4;9-7-5-3-1-2-4-6(5)8(10)11-7;3-1-2-4;/h1-4,11H,5-6H2,(H,12,13);2*5-8H2,1-4H3;1-4H;3-4H,1-2H2;1H4. The third-order valence-corrected chi connectivity index (χ3v) is 6.14. The lowest BCUT2D eigenvalue weighted by Gasteiger charge is -2.12. The molecule has 0 atom stereocenters. The molecule has 0 saturated carbocycles. The molecule has 1 heterocycles. The highest BCUT2D eigenvalue weighted by Crippen LogP contribution is 2.18. The van der Waals surface area contributed by atoms with E-state index in [2.05, 4.69) is 80.6 Å². The van der Waals surface area contributed by atoms with Gasteiger partial charge >= 0.3 is 17.9 Å². The second-order valence-corrected chi connectivity index (χ2v) is 12.0. The molecule has 4 N–H and O–H groups in total. The van der Waals surface area contributed by atoms with Gasteiger partial charge in [-0.15, -0.1) is 0 Å². The summed E-state index contributed by atoms with van der Waals surface area (Å²) in [6.07, 6.45) is 0. The fourth-order valence-electron chi connectivity index (χ4n) is 3.31. The topological polar surface area (TPSA) is 203 Å². The number of ether oxygens (including phenoxy) is 4. The van der Waals surface area contributed by atoms with Gasteiger partial charge in [0.2, 0.25) is 0 Å². The molecule has 0 bridgehead atoms. The zero-order valence-corrected chi connectivity index (χ0v) is 32.0. The number of esters is 3. The highest BCUT2D eigenvalue weighted by atomic mass is 16.6. The third-order valence-electron chi connectivity index (χ3n) is 6.14. The zero-order valence-electron chi connectivity index (χ0n) is 32.0. The summed E-state index contributed by atoms with van der Waals surface area (Å²) in [6.45, 7) is 6.79. The normalized spacial score (nSPS) is 11.1. The number of nitrogens with one attached hydrogen (secondary N) is 1. The van der Waals surface area contributed by atoms with Crippen LogP contribution >= 0.6 is 0 Å². The van der Waals surface area contributed by atoms with Crippen LogP contribution in [0.1, 0.15) is 48.9 Å². The Bertz CT molecular complexity index is 1180. The molecule has 0 unspecified atom stereocenters. The maximum absolute atomic E-state index is 11.3. The summed E-state index contributed by atoms with van der Waals surface area (Å²) >= 11 is 0. The smallest absolute Gasteiger partial charge is 0.346 e. The van der Waals surface area contributed by atoms with Crippen molar-refractivity contribution in [3.05, 3.63) is 70.8 Å². The van der Waals surface area contributed by atoms with Crippen molar-refractivity contribution in [3.8, 4) is 0 Å². The predicted octanol–water partition coefficient (Wildman–Crippen LogP) is -1.36. The molecule has 1 aliphatic heterocycles. The summed E-state index contributed by atoms with van der Waals surface area (Å²) in [5.41, 5.74) is 0.418. The second kappa shape index (κ2) is 34.0. The van der Waals surface area contributed by atoms with E-state index < -0.39 is 23.9 Å². The molecule has 3 rings (SSSR count). The predicted molar refractivity (Wildman–Crippen MR) is 200 cm³/mol. The quantitative estimate of drug-likeness (QED) is 0.0837. The number of aliphatic hydroxyl groups excluding tert-OH is 3. The van der Waals surface area contributed by atoms with E-state index in [0.29, 0.717) is 11.1 Å². The van der Waals surface area contributed by atoms with Gasteiger partial charge in [0.25, 0.3) is 0 Å². The number of rotatable bonds is 17. The van der Waals surface area contributed by atoms with Crippen molar-refractivity contribution in [2.24, 2.45) is 0 Å². The first-order valence-corrected chi connectivity index (χ1v) is 16.7. The Balaban J connectivity index is -0.000000609. The van der Waals surface area contributed by atoms with E-state index in [4.69, 9.17) is 24.8 Å². The van der Waals surface area contributed by atoms with Gasteiger partial charge in [-0.1, -0.05) is 37.8 Å². The molecule has 53 heavy (non-hydrogen) atoms. The van der Waals surface area contributed by atoms with Gasteiger partial charge in [0.05, 0.1) is 83.0 Å². The fourth-order valence-corrected chi connectivity index (χ4v) is 3.31. The van der Waals surface area contributed by atoms with Gasteiger partial charge < -0.3 is 63.8 Å². The lowest BCUT2D eigenvalue weighted by molar-refractivity contribution is -0.858. The number of nitrogens with zero attached hydrogens (tertiary/aromatic N) is 3. The van der Waals surface area contributed by atoms with Gasteiger partial charge in [-0.05, 0) is 60.5 Å². The van der Waals surface area contributed by atoms with E-state index in [1.54, 1.807) is 24.3 Å².